The fourth-order valence-electron chi connectivity index (χ4n) is 1.61. The maximum Gasteiger partial charge on any atom is 0.123 e. The molecule has 1 rings (SSSR count). The fraction of sp³-hybridized carbons (Fsp3) is 0.727. The van der Waals surface area contributed by atoms with Crippen molar-refractivity contribution in [3.8, 4) is 0 Å². The van der Waals surface area contributed by atoms with Gasteiger partial charge < -0.3 is 9.69 Å². The van der Waals surface area contributed by atoms with Crippen molar-refractivity contribution >= 4 is 6.29 Å². The van der Waals surface area contributed by atoms with Crippen LogP contribution in [0.15, 0.2) is 11.8 Å². The molecule has 0 saturated carbocycles. The molecule has 0 aromatic rings. The lowest BCUT2D eigenvalue weighted by molar-refractivity contribution is -0.110. The molecule has 1 fully saturated rings. The minimum absolute atomic E-state index is 0.164. The Hall–Kier alpha value is -0.790. The zero-order chi connectivity index (χ0) is 9.68. The van der Waals surface area contributed by atoms with Crippen molar-refractivity contribution in [3.05, 3.63) is 11.8 Å². The highest BCUT2D eigenvalue weighted by molar-refractivity contribution is 5.53. The maximum absolute atomic E-state index is 10.4. The summed E-state index contributed by atoms with van der Waals surface area (Å²) in [6.07, 6.45) is 6.72. The lowest BCUT2D eigenvalue weighted by Crippen LogP contribution is -2.16. The summed E-state index contributed by atoms with van der Waals surface area (Å²) in [5, 5.41) is 0. The summed E-state index contributed by atoms with van der Waals surface area (Å²) >= 11 is 0. The number of nitrogens with zero attached hydrogens (tertiary/aromatic N) is 1. The van der Waals surface area contributed by atoms with Crippen molar-refractivity contribution in [2.75, 3.05) is 13.1 Å². The smallest absolute Gasteiger partial charge is 0.123 e. The first-order valence-electron chi connectivity index (χ1n) is 5.11. The fourth-order valence-corrected chi connectivity index (χ4v) is 1.61. The number of carbonyl (C=O) groups excluding carboxylic acids is 1. The maximum atomic E-state index is 10.4. The molecule has 1 aliphatic heterocycles. The molecule has 0 amide bonds. The van der Waals surface area contributed by atoms with Crippen LogP contribution < -0.4 is 0 Å². The summed E-state index contributed by atoms with van der Waals surface area (Å²) < 4.78 is 0. The molecule has 2 heteroatoms. The van der Waals surface area contributed by atoms with Crippen molar-refractivity contribution in [2.24, 2.45) is 5.92 Å². The molecule has 0 aliphatic carbocycles. The number of aldehydes is 1. The first-order chi connectivity index (χ1) is 6.24. The van der Waals surface area contributed by atoms with Crippen LogP contribution in [0.2, 0.25) is 0 Å². The summed E-state index contributed by atoms with van der Waals surface area (Å²) in [6.45, 7) is 6.49. The summed E-state index contributed by atoms with van der Waals surface area (Å²) in [6, 6.07) is 0. The normalized spacial score (nSPS) is 20.5. The Balaban J connectivity index is 2.36. The van der Waals surface area contributed by atoms with Crippen molar-refractivity contribution in [2.45, 2.75) is 33.1 Å². The molecule has 1 saturated heterocycles. The van der Waals surface area contributed by atoms with E-state index >= 15 is 0 Å². The molecule has 0 aromatic heterocycles. The van der Waals surface area contributed by atoms with Gasteiger partial charge in [0.2, 0.25) is 0 Å². The first-order valence-corrected chi connectivity index (χ1v) is 5.11. The highest BCUT2D eigenvalue weighted by Gasteiger charge is 2.11. The van der Waals surface area contributed by atoms with Crippen LogP contribution in [0.1, 0.15) is 33.1 Å². The van der Waals surface area contributed by atoms with E-state index in [1.54, 1.807) is 0 Å². The van der Waals surface area contributed by atoms with E-state index in [9.17, 15) is 4.79 Å². The predicted molar refractivity (Wildman–Crippen MR) is 54.4 cm³/mol. The standard InChI is InChI=1S/C11H19NO/c1-10(9-13)5-6-11(2)12-7-3-4-8-12/h6,9-10H,3-5,7-8H2,1-2H3/b11-6-. The summed E-state index contributed by atoms with van der Waals surface area (Å²) in [5.74, 6) is 0.164. The third kappa shape index (κ3) is 3.21. The number of allylic oxidation sites excluding steroid dienone is 2. The molecule has 1 unspecified atom stereocenters. The Morgan fingerprint density at radius 1 is 1.46 bits per heavy atom. The number of rotatable bonds is 4. The molecule has 74 valence electrons. The summed E-state index contributed by atoms with van der Waals surface area (Å²) in [7, 11) is 0. The van der Waals surface area contributed by atoms with Crippen molar-refractivity contribution < 1.29 is 4.79 Å². The third-order valence-corrected chi connectivity index (χ3v) is 2.62. The van der Waals surface area contributed by atoms with Gasteiger partial charge in [0, 0.05) is 24.7 Å². The molecular weight excluding hydrogens is 162 g/mol. The largest absolute Gasteiger partial charge is 0.375 e. The summed E-state index contributed by atoms with van der Waals surface area (Å²) in [5.41, 5.74) is 1.34. The first kappa shape index (κ1) is 10.3. The highest BCUT2D eigenvalue weighted by atomic mass is 16.1. The Labute approximate surface area is 80.6 Å². The zero-order valence-corrected chi connectivity index (χ0v) is 8.62. The average Bonchev–Trinajstić information content (AvgIpc) is 2.66. The molecule has 2 nitrogen and oxygen atoms in total. The minimum Gasteiger partial charge on any atom is -0.375 e. The van der Waals surface area contributed by atoms with E-state index in [0.29, 0.717) is 0 Å². The Bertz CT molecular complexity index is 192. The molecule has 1 heterocycles. The van der Waals surface area contributed by atoms with Crippen LogP contribution in [0.5, 0.6) is 0 Å². The molecule has 0 bridgehead atoms. The number of likely N-dealkylation sites (tertiary alicyclic amines) is 1. The minimum atomic E-state index is 0.164. The molecule has 0 spiro atoms. The Kier molecular flexibility index (Phi) is 4.00. The molecule has 0 radical (unpaired) electrons. The van der Waals surface area contributed by atoms with Crippen LogP contribution in [0, 0.1) is 5.92 Å². The van der Waals surface area contributed by atoms with Crippen LogP contribution in [-0.2, 0) is 4.79 Å². The van der Waals surface area contributed by atoms with Gasteiger partial charge in [0.25, 0.3) is 0 Å². The number of hydrogen-bond acceptors (Lipinski definition) is 2. The Morgan fingerprint density at radius 3 is 2.62 bits per heavy atom. The lowest BCUT2D eigenvalue weighted by Gasteiger charge is -2.18. The van der Waals surface area contributed by atoms with Gasteiger partial charge in [0.15, 0.2) is 0 Å². The van der Waals surface area contributed by atoms with E-state index in [-0.39, 0.29) is 5.92 Å². The molecule has 0 N–H and O–H groups in total. The summed E-state index contributed by atoms with van der Waals surface area (Å²) in [4.78, 5) is 12.8. The molecule has 1 aliphatic rings. The highest BCUT2D eigenvalue weighted by Crippen LogP contribution is 2.15. The van der Waals surface area contributed by atoms with Gasteiger partial charge in [-0.3, -0.25) is 0 Å². The second kappa shape index (κ2) is 5.05. The molecular formula is C11H19NO. The van der Waals surface area contributed by atoms with E-state index in [1.807, 2.05) is 6.92 Å². The van der Waals surface area contributed by atoms with Gasteiger partial charge in [-0.1, -0.05) is 13.0 Å². The van der Waals surface area contributed by atoms with Crippen LogP contribution >= 0.6 is 0 Å². The molecule has 0 aromatic carbocycles. The van der Waals surface area contributed by atoms with Gasteiger partial charge in [-0.2, -0.15) is 0 Å². The van der Waals surface area contributed by atoms with E-state index in [0.717, 1.165) is 12.7 Å². The third-order valence-electron chi connectivity index (χ3n) is 2.62. The second-order valence-electron chi connectivity index (χ2n) is 3.89. The number of carbonyl (C=O) groups is 1. The van der Waals surface area contributed by atoms with E-state index in [2.05, 4.69) is 17.9 Å². The lowest BCUT2D eigenvalue weighted by atomic mass is 10.1. The molecule has 13 heavy (non-hydrogen) atoms. The van der Waals surface area contributed by atoms with Gasteiger partial charge in [0.05, 0.1) is 0 Å². The van der Waals surface area contributed by atoms with E-state index in [1.165, 1.54) is 31.6 Å². The van der Waals surface area contributed by atoms with Gasteiger partial charge in [-0.25, -0.2) is 0 Å². The van der Waals surface area contributed by atoms with Crippen molar-refractivity contribution in [1.82, 2.24) is 4.90 Å². The monoisotopic (exact) mass is 181 g/mol. The van der Waals surface area contributed by atoms with Crippen molar-refractivity contribution in [1.29, 1.82) is 0 Å². The van der Waals surface area contributed by atoms with E-state index < -0.39 is 0 Å². The van der Waals surface area contributed by atoms with Crippen LogP contribution in [0.4, 0.5) is 0 Å². The van der Waals surface area contributed by atoms with Gasteiger partial charge in [-0.05, 0) is 26.2 Å². The predicted octanol–water partition coefficient (Wildman–Crippen LogP) is 2.21. The average molecular weight is 181 g/mol. The van der Waals surface area contributed by atoms with Gasteiger partial charge in [-0.15, -0.1) is 0 Å². The Morgan fingerprint density at radius 2 is 2.08 bits per heavy atom. The van der Waals surface area contributed by atoms with Gasteiger partial charge in [0.1, 0.15) is 6.29 Å². The molecule has 1 atom stereocenters. The SMILES string of the molecule is C/C(=C/CC(C)C=O)N1CCCC1. The van der Waals surface area contributed by atoms with Gasteiger partial charge >= 0.3 is 0 Å². The van der Waals surface area contributed by atoms with Crippen molar-refractivity contribution in [3.63, 3.8) is 0 Å². The second-order valence-corrected chi connectivity index (χ2v) is 3.89. The van der Waals surface area contributed by atoms with E-state index in [4.69, 9.17) is 0 Å². The topological polar surface area (TPSA) is 20.3 Å². The van der Waals surface area contributed by atoms with Crippen LogP contribution in [0.3, 0.4) is 0 Å². The van der Waals surface area contributed by atoms with Crippen LogP contribution in [0.25, 0.3) is 0 Å². The number of hydrogen-bond donors (Lipinski definition) is 0. The quantitative estimate of drug-likeness (QED) is 0.620. The van der Waals surface area contributed by atoms with Crippen LogP contribution in [-0.4, -0.2) is 24.3 Å². The zero-order valence-electron chi connectivity index (χ0n) is 8.62.